The van der Waals surface area contributed by atoms with Crippen LogP contribution in [0.1, 0.15) is 19.4 Å². The summed E-state index contributed by atoms with van der Waals surface area (Å²) in [5, 5.41) is 18.7. The Morgan fingerprint density at radius 3 is 2.35 bits per heavy atom. The first kappa shape index (κ1) is 16.3. The molecule has 0 aromatic heterocycles. The van der Waals surface area contributed by atoms with E-state index >= 15 is 0 Å². The summed E-state index contributed by atoms with van der Waals surface area (Å²) in [6, 6.07) is 4.34. The topological polar surface area (TPSA) is 77.8 Å². The van der Waals surface area contributed by atoms with E-state index in [9.17, 15) is 14.7 Å². The van der Waals surface area contributed by atoms with Crippen molar-refractivity contribution in [3.63, 3.8) is 0 Å². The molecule has 2 unspecified atom stereocenters. The van der Waals surface area contributed by atoms with E-state index in [1.807, 2.05) is 0 Å². The Bertz CT molecular complexity index is 518. The molecule has 0 amide bonds. The third kappa shape index (κ3) is 3.63. The van der Waals surface area contributed by atoms with Crippen molar-refractivity contribution in [3.05, 3.63) is 28.8 Å². The highest BCUT2D eigenvalue weighted by Gasteiger charge is 2.26. The van der Waals surface area contributed by atoms with Gasteiger partial charge in [-0.25, -0.2) is 4.79 Å². The Labute approximate surface area is 122 Å². The molecule has 0 saturated heterocycles. The van der Waals surface area contributed by atoms with Gasteiger partial charge >= 0.3 is 11.9 Å². The molecule has 6 heteroatoms. The zero-order valence-corrected chi connectivity index (χ0v) is 12.4. The van der Waals surface area contributed by atoms with Crippen LogP contribution in [0.4, 0.5) is 5.69 Å². The number of carboxylic acids is 2. The summed E-state index contributed by atoms with van der Waals surface area (Å²) in [4.78, 5) is 23.8. The highest BCUT2D eigenvalue weighted by atomic mass is 35.5. The maximum atomic E-state index is 11.2. The lowest BCUT2D eigenvalue weighted by Crippen LogP contribution is -2.43. The maximum Gasteiger partial charge on any atom is 0.326 e. The maximum absolute atomic E-state index is 11.2. The third-order valence-electron chi connectivity index (χ3n) is 3.27. The van der Waals surface area contributed by atoms with Crippen LogP contribution in [-0.2, 0) is 9.59 Å². The number of carboxylic acid groups (broad SMARTS) is 2. The van der Waals surface area contributed by atoms with Crippen molar-refractivity contribution in [1.29, 1.82) is 0 Å². The summed E-state index contributed by atoms with van der Waals surface area (Å²) in [6.07, 6.45) is 0. The number of benzene rings is 1. The van der Waals surface area contributed by atoms with Crippen LogP contribution in [0.5, 0.6) is 0 Å². The number of anilines is 1. The average Bonchev–Trinajstić information content (AvgIpc) is 2.38. The monoisotopic (exact) mass is 299 g/mol. The van der Waals surface area contributed by atoms with Gasteiger partial charge in [0, 0.05) is 17.3 Å². The molecule has 1 aromatic rings. The molecule has 20 heavy (non-hydrogen) atoms. The minimum absolute atomic E-state index is 0.101. The summed E-state index contributed by atoms with van der Waals surface area (Å²) in [7, 11) is 0. The first-order valence-corrected chi connectivity index (χ1v) is 6.60. The highest BCUT2D eigenvalue weighted by Crippen LogP contribution is 2.28. The minimum Gasteiger partial charge on any atom is -0.481 e. The van der Waals surface area contributed by atoms with Crippen molar-refractivity contribution >= 4 is 29.2 Å². The quantitative estimate of drug-likeness (QED) is 0.844. The van der Waals surface area contributed by atoms with Crippen LogP contribution in [0.15, 0.2) is 18.2 Å². The van der Waals surface area contributed by atoms with Crippen molar-refractivity contribution in [3.8, 4) is 0 Å². The molecule has 0 saturated carbocycles. The second kappa shape index (κ2) is 6.61. The lowest BCUT2D eigenvalue weighted by Gasteiger charge is -2.31. The van der Waals surface area contributed by atoms with E-state index in [4.69, 9.17) is 16.7 Å². The molecule has 0 aliphatic carbocycles. The van der Waals surface area contributed by atoms with Gasteiger partial charge in [-0.2, -0.15) is 0 Å². The van der Waals surface area contributed by atoms with Crippen LogP contribution in [0.3, 0.4) is 0 Å². The van der Waals surface area contributed by atoms with Crippen molar-refractivity contribution < 1.29 is 19.8 Å². The van der Waals surface area contributed by atoms with Gasteiger partial charge in [-0.3, -0.25) is 4.79 Å². The van der Waals surface area contributed by atoms with Crippen LogP contribution in [-0.4, -0.2) is 34.7 Å². The fraction of sp³-hybridized carbons (Fsp3) is 0.429. The number of rotatable bonds is 6. The first-order valence-electron chi connectivity index (χ1n) is 6.23. The normalized spacial score (nSPS) is 13.6. The summed E-state index contributed by atoms with van der Waals surface area (Å²) in [5.74, 6) is -2.66. The Morgan fingerprint density at radius 1 is 1.25 bits per heavy atom. The number of carbonyl (C=O) groups is 2. The van der Waals surface area contributed by atoms with Gasteiger partial charge in [-0.15, -0.1) is 0 Å². The molecule has 0 aliphatic heterocycles. The Morgan fingerprint density at radius 2 is 1.85 bits per heavy atom. The van der Waals surface area contributed by atoms with Crippen molar-refractivity contribution in [1.82, 2.24) is 0 Å². The van der Waals surface area contributed by atoms with Gasteiger partial charge in [-0.05, 0) is 31.5 Å². The Hall–Kier alpha value is -1.75. The van der Waals surface area contributed by atoms with E-state index in [2.05, 4.69) is 0 Å². The molecule has 110 valence electrons. The largest absolute Gasteiger partial charge is 0.481 e. The lowest BCUT2D eigenvalue weighted by atomic mass is 10.1. The molecule has 5 nitrogen and oxygen atoms in total. The molecular formula is C14H18ClNO4. The number of aliphatic carboxylic acids is 2. The molecule has 0 aliphatic rings. The van der Waals surface area contributed by atoms with Gasteiger partial charge in [0.15, 0.2) is 0 Å². The van der Waals surface area contributed by atoms with E-state index < -0.39 is 23.9 Å². The first-order chi connectivity index (χ1) is 9.25. The molecular weight excluding hydrogens is 282 g/mol. The summed E-state index contributed by atoms with van der Waals surface area (Å²) < 4.78 is 0. The van der Waals surface area contributed by atoms with Gasteiger partial charge < -0.3 is 15.1 Å². The van der Waals surface area contributed by atoms with E-state index in [0.29, 0.717) is 10.7 Å². The molecule has 0 radical (unpaired) electrons. The zero-order valence-electron chi connectivity index (χ0n) is 11.6. The number of halogens is 1. The SMILES string of the molecule is Cc1c(Cl)cccc1N(CC(C)C(=O)O)C(C)C(=O)O. The Balaban J connectivity index is 3.19. The van der Waals surface area contributed by atoms with Gasteiger partial charge in [0.05, 0.1) is 5.92 Å². The standard InChI is InChI=1S/C14H18ClNO4/c1-8(13(17)18)7-16(10(3)14(19)20)12-6-4-5-11(15)9(12)2/h4-6,8,10H,7H2,1-3H3,(H,17,18)(H,19,20). The zero-order chi connectivity index (χ0) is 15.4. The van der Waals surface area contributed by atoms with Gasteiger partial charge in [0.25, 0.3) is 0 Å². The van der Waals surface area contributed by atoms with Crippen molar-refractivity contribution in [2.45, 2.75) is 26.8 Å². The van der Waals surface area contributed by atoms with Gasteiger partial charge in [0.2, 0.25) is 0 Å². The summed E-state index contributed by atoms with van der Waals surface area (Å²) in [6.45, 7) is 4.95. The van der Waals surface area contributed by atoms with Gasteiger partial charge in [0.1, 0.15) is 6.04 Å². The number of hydrogen-bond donors (Lipinski definition) is 2. The smallest absolute Gasteiger partial charge is 0.326 e. The molecule has 0 heterocycles. The van der Waals surface area contributed by atoms with Crippen molar-refractivity contribution in [2.24, 2.45) is 5.92 Å². The molecule has 1 rings (SSSR count). The van der Waals surface area contributed by atoms with E-state index in [1.165, 1.54) is 6.92 Å². The molecule has 0 spiro atoms. The minimum atomic E-state index is -1.01. The summed E-state index contributed by atoms with van der Waals surface area (Å²) >= 11 is 6.05. The predicted molar refractivity (Wildman–Crippen MR) is 77.4 cm³/mol. The molecule has 0 bridgehead atoms. The third-order valence-corrected chi connectivity index (χ3v) is 3.68. The highest BCUT2D eigenvalue weighted by molar-refractivity contribution is 6.31. The fourth-order valence-electron chi connectivity index (χ4n) is 1.88. The van der Waals surface area contributed by atoms with Crippen LogP contribution < -0.4 is 4.90 Å². The second-order valence-electron chi connectivity index (χ2n) is 4.79. The average molecular weight is 300 g/mol. The van der Waals surface area contributed by atoms with Crippen LogP contribution in [0.25, 0.3) is 0 Å². The Kier molecular flexibility index (Phi) is 5.39. The molecule has 2 N–H and O–H groups in total. The molecule has 2 atom stereocenters. The van der Waals surface area contributed by atoms with Crippen molar-refractivity contribution in [2.75, 3.05) is 11.4 Å². The van der Waals surface area contributed by atoms with Crippen LogP contribution in [0.2, 0.25) is 5.02 Å². The number of nitrogens with zero attached hydrogens (tertiary/aromatic N) is 1. The molecule has 0 fully saturated rings. The lowest BCUT2D eigenvalue weighted by molar-refractivity contribution is -0.142. The van der Waals surface area contributed by atoms with Gasteiger partial charge in [-0.1, -0.05) is 24.6 Å². The predicted octanol–water partition coefficient (Wildman–Crippen LogP) is 2.65. The number of hydrogen-bond acceptors (Lipinski definition) is 3. The van der Waals surface area contributed by atoms with E-state index in [-0.39, 0.29) is 6.54 Å². The van der Waals surface area contributed by atoms with E-state index in [0.717, 1.165) is 5.56 Å². The fourth-order valence-corrected chi connectivity index (χ4v) is 2.05. The van der Waals surface area contributed by atoms with Crippen LogP contribution in [0, 0.1) is 12.8 Å². The summed E-state index contributed by atoms with van der Waals surface area (Å²) in [5.41, 5.74) is 1.38. The van der Waals surface area contributed by atoms with Crippen LogP contribution >= 0.6 is 11.6 Å². The van der Waals surface area contributed by atoms with E-state index in [1.54, 1.807) is 36.9 Å². The second-order valence-corrected chi connectivity index (χ2v) is 5.20. The molecule has 1 aromatic carbocycles.